The highest BCUT2D eigenvalue weighted by Crippen LogP contribution is 2.11. The Balaban J connectivity index is 4.06. The van der Waals surface area contributed by atoms with Gasteiger partial charge in [-0.25, -0.2) is 0 Å². The molecule has 0 aromatic heterocycles. The first-order chi connectivity index (χ1) is 5.63. The summed E-state index contributed by atoms with van der Waals surface area (Å²) in [5.74, 6) is 0.556. The van der Waals surface area contributed by atoms with Crippen LogP contribution in [0.25, 0.3) is 0 Å². The van der Waals surface area contributed by atoms with Crippen LogP contribution in [0.15, 0.2) is 4.99 Å². The van der Waals surface area contributed by atoms with Gasteiger partial charge in [0.15, 0.2) is 0 Å². The molecule has 0 amide bonds. The van der Waals surface area contributed by atoms with Crippen molar-refractivity contribution in [3.05, 3.63) is 0 Å². The third-order valence-electron chi connectivity index (χ3n) is 1.39. The van der Waals surface area contributed by atoms with Crippen LogP contribution >= 0.6 is 0 Å². The van der Waals surface area contributed by atoms with Crippen molar-refractivity contribution in [2.45, 2.75) is 51.8 Å². The van der Waals surface area contributed by atoms with E-state index in [1.807, 2.05) is 41.5 Å². The van der Waals surface area contributed by atoms with E-state index in [0.717, 1.165) is 0 Å². The molecule has 0 aromatic carbocycles. The first kappa shape index (κ1) is 12.8. The Labute approximate surface area is 84.3 Å². The molecule has 0 heterocycles. The molecule has 0 fully saturated rings. The lowest BCUT2D eigenvalue weighted by Gasteiger charge is -2.16. The zero-order valence-electron chi connectivity index (χ0n) is 9.55. The van der Waals surface area contributed by atoms with Crippen LogP contribution < -0.4 is 0 Å². The van der Waals surface area contributed by atoms with E-state index in [9.17, 15) is 4.21 Å². The van der Waals surface area contributed by atoms with Gasteiger partial charge in [0.05, 0.1) is 11.3 Å². The molecule has 0 bridgehead atoms. The Morgan fingerprint density at radius 2 is 1.62 bits per heavy atom. The number of hydrogen-bond acceptors (Lipinski definition) is 2. The topological polar surface area (TPSA) is 29.4 Å². The quantitative estimate of drug-likeness (QED) is 0.634. The largest absolute Gasteiger partial charge is 0.291 e. The van der Waals surface area contributed by atoms with Gasteiger partial charge in [-0.2, -0.15) is 0 Å². The van der Waals surface area contributed by atoms with Crippen LogP contribution in [0.3, 0.4) is 0 Å². The minimum absolute atomic E-state index is 0.0535. The second-order valence-electron chi connectivity index (χ2n) is 5.11. The maximum Gasteiger partial charge on any atom is 0.0590 e. The lowest BCUT2D eigenvalue weighted by molar-refractivity contribution is 0.586. The van der Waals surface area contributed by atoms with E-state index >= 15 is 0 Å². The summed E-state index contributed by atoms with van der Waals surface area (Å²) in [5.41, 5.74) is -0.0535. The van der Waals surface area contributed by atoms with Crippen LogP contribution in [-0.2, 0) is 10.8 Å². The van der Waals surface area contributed by atoms with Gasteiger partial charge in [-0.1, -0.05) is 0 Å². The van der Waals surface area contributed by atoms with Crippen LogP contribution in [0.1, 0.15) is 41.5 Å². The van der Waals surface area contributed by atoms with Gasteiger partial charge in [-0.3, -0.25) is 9.20 Å². The van der Waals surface area contributed by atoms with Gasteiger partial charge in [0.25, 0.3) is 0 Å². The molecule has 0 N–H and O–H groups in total. The van der Waals surface area contributed by atoms with Crippen molar-refractivity contribution in [1.82, 2.24) is 0 Å². The smallest absolute Gasteiger partial charge is 0.0590 e. The van der Waals surface area contributed by atoms with Crippen molar-refractivity contribution < 1.29 is 4.21 Å². The van der Waals surface area contributed by atoms with Gasteiger partial charge in [-0.05, 0) is 41.5 Å². The molecule has 0 saturated heterocycles. The normalized spacial score (nSPS) is 16.5. The second-order valence-corrected chi connectivity index (χ2v) is 7.36. The van der Waals surface area contributed by atoms with E-state index in [1.54, 1.807) is 6.21 Å². The van der Waals surface area contributed by atoms with E-state index in [0.29, 0.717) is 5.75 Å². The molecule has 0 aliphatic heterocycles. The summed E-state index contributed by atoms with van der Waals surface area (Å²) in [7, 11) is -0.821. The van der Waals surface area contributed by atoms with Crippen molar-refractivity contribution in [3.63, 3.8) is 0 Å². The van der Waals surface area contributed by atoms with Gasteiger partial charge >= 0.3 is 0 Å². The highest BCUT2D eigenvalue weighted by molar-refractivity contribution is 7.87. The predicted molar refractivity (Wildman–Crippen MR) is 61.0 cm³/mol. The Morgan fingerprint density at radius 1 is 1.15 bits per heavy atom. The van der Waals surface area contributed by atoms with Gasteiger partial charge in [0.2, 0.25) is 0 Å². The maximum atomic E-state index is 11.6. The summed E-state index contributed by atoms with van der Waals surface area (Å²) in [6.45, 7) is 12.0. The minimum atomic E-state index is -0.821. The van der Waals surface area contributed by atoms with E-state index in [2.05, 4.69) is 4.99 Å². The molecule has 0 radical (unpaired) electrons. The molecular weight excluding hydrogens is 182 g/mol. The lowest BCUT2D eigenvalue weighted by atomic mass is 10.1. The molecule has 13 heavy (non-hydrogen) atoms. The summed E-state index contributed by atoms with van der Waals surface area (Å²) in [4.78, 5) is 4.29. The van der Waals surface area contributed by atoms with E-state index in [1.165, 1.54) is 0 Å². The average Bonchev–Trinajstić information content (AvgIpc) is 1.82. The highest BCUT2D eigenvalue weighted by atomic mass is 32.2. The zero-order valence-corrected chi connectivity index (χ0v) is 10.4. The molecule has 0 aliphatic rings. The molecule has 0 spiro atoms. The van der Waals surface area contributed by atoms with Crippen molar-refractivity contribution >= 4 is 17.0 Å². The number of hydrogen-bond donors (Lipinski definition) is 0. The molecule has 3 heteroatoms. The lowest BCUT2D eigenvalue weighted by Crippen LogP contribution is -2.25. The maximum absolute atomic E-state index is 11.6. The van der Waals surface area contributed by atoms with Crippen LogP contribution in [0.2, 0.25) is 0 Å². The molecule has 1 atom stereocenters. The predicted octanol–water partition coefficient (Wildman–Crippen LogP) is 2.40. The van der Waals surface area contributed by atoms with Crippen molar-refractivity contribution in [2.75, 3.05) is 5.75 Å². The minimum Gasteiger partial charge on any atom is -0.291 e. The second kappa shape index (κ2) is 4.36. The van der Waals surface area contributed by atoms with Crippen molar-refractivity contribution in [3.8, 4) is 0 Å². The molecule has 0 saturated carbocycles. The van der Waals surface area contributed by atoms with E-state index in [4.69, 9.17) is 0 Å². The molecular formula is C10H21NOS. The highest BCUT2D eigenvalue weighted by Gasteiger charge is 2.18. The monoisotopic (exact) mass is 203 g/mol. The zero-order chi connectivity index (χ0) is 10.7. The van der Waals surface area contributed by atoms with Gasteiger partial charge < -0.3 is 0 Å². The fourth-order valence-corrected chi connectivity index (χ4v) is 1.34. The van der Waals surface area contributed by atoms with Crippen LogP contribution in [0, 0.1) is 0 Å². The first-order valence-electron chi connectivity index (χ1n) is 4.55. The van der Waals surface area contributed by atoms with Crippen LogP contribution in [0.5, 0.6) is 0 Å². The standard InChI is InChI=1S/C10H21NOS/c1-9(2,3)11-7-8-13(12)10(4,5)6/h7H,8H2,1-6H3. The number of aliphatic imine (C=N–C) groups is 1. The number of rotatable bonds is 2. The Hall–Kier alpha value is -0.180. The summed E-state index contributed by atoms with van der Waals surface area (Å²) >= 11 is 0. The van der Waals surface area contributed by atoms with Crippen LogP contribution in [-0.4, -0.2) is 26.5 Å². The van der Waals surface area contributed by atoms with Gasteiger partial charge in [0, 0.05) is 21.8 Å². The summed E-state index contributed by atoms with van der Waals surface area (Å²) in [5, 5.41) is 0. The summed E-state index contributed by atoms with van der Waals surface area (Å²) < 4.78 is 11.4. The molecule has 0 rings (SSSR count). The number of nitrogens with zero attached hydrogens (tertiary/aromatic N) is 1. The van der Waals surface area contributed by atoms with Gasteiger partial charge in [-0.15, -0.1) is 0 Å². The fraction of sp³-hybridized carbons (Fsp3) is 0.900. The average molecular weight is 203 g/mol. The van der Waals surface area contributed by atoms with E-state index < -0.39 is 10.8 Å². The molecule has 78 valence electrons. The summed E-state index contributed by atoms with van der Waals surface area (Å²) in [6, 6.07) is 0. The van der Waals surface area contributed by atoms with Crippen molar-refractivity contribution in [1.29, 1.82) is 0 Å². The SMILES string of the molecule is CC(C)(C)N=CCS(=O)C(C)(C)C. The Morgan fingerprint density at radius 3 is 1.92 bits per heavy atom. The van der Waals surface area contributed by atoms with E-state index in [-0.39, 0.29) is 10.3 Å². The molecule has 2 nitrogen and oxygen atoms in total. The van der Waals surface area contributed by atoms with Crippen molar-refractivity contribution in [2.24, 2.45) is 4.99 Å². The summed E-state index contributed by atoms with van der Waals surface area (Å²) in [6.07, 6.45) is 1.78. The molecule has 0 aromatic rings. The van der Waals surface area contributed by atoms with Crippen LogP contribution in [0.4, 0.5) is 0 Å². The third-order valence-corrected chi connectivity index (χ3v) is 3.21. The van der Waals surface area contributed by atoms with Gasteiger partial charge in [0.1, 0.15) is 0 Å². The molecule has 1 unspecified atom stereocenters. The Kier molecular flexibility index (Phi) is 4.30. The Bertz CT molecular complexity index is 208. The molecule has 0 aliphatic carbocycles. The fourth-order valence-electron chi connectivity index (χ4n) is 0.629. The third kappa shape index (κ3) is 6.94. The first-order valence-corrected chi connectivity index (χ1v) is 5.87.